The molecular formula is C11H11ClO4. The van der Waals surface area contributed by atoms with E-state index in [9.17, 15) is 4.79 Å². The summed E-state index contributed by atoms with van der Waals surface area (Å²) in [7, 11) is 0. The third-order valence-electron chi connectivity index (χ3n) is 2.36. The molecule has 0 aliphatic carbocycles. The Morgan fingerprint density at radius 3 is 2.69 bits per heavy atom. The summed E-state index contributed by atoms with van der Waals surface area (Å²) in [4.78, 5) is 10.7. The second-order valence-electron chi connectivity index (χ2n) is 3.49. The van der Waals surface area contributed by atoms with E-state index in [0.29, 0.717) is 19.6 Å². The molecule has 2 rings (SSSR count). The molecule has 1 fully saturated rings. The van der Waals surface area contributed by atoms with E-state index in [4.69, 9.17) is 26.2 Å². The van der Waals surface area contributed by atoms with Crippen LogP contribution in [-0.4, -0.2) is 30.6 Å². The number of carboxylic acids is 1. The third kappa shape index (κ3) is 2.52. The van der Waals surface area contributed by atoms with Gasteiger partial charge in [-0.05, 0) is 17.7 Å². The van der Waals surface area contributed by atoms with Gasteiger partial charge in [-0.1, -0.05) is 17.7 Å². The Labute approximate surface area is 97.7 Å². The normalized spacial score (nSPS) is 16.6. The van der Waals surface area contributed by atoms with Crippen LogP contribution in [-0.2, 0) is 15.9 Å². The quantitative estimate of drug-likeness (QED) is 0.880. The van der Waals surface area contributed by atoms with Gasteiger partial charge in [-0.2, -0.15) is 0 Å². The van der Waals surface area contributed by atoms with Crippen LogP contribution in [0.4, 0.5) is 0 Å². The fraction of sp³-hybridized carbons (Fsp3) is 0.364. The van der Waals surface area contributed by atoms with Crippen molar-refractivity contribution >= 4 is 17.6 Å². The van der Waals surface area contributed by atoms with Crippen molar-refractivity contribution < 1.29 is 19.4 Å². The van der Waals surface area contributed by atoms with Crippen LogP contribution in [0.15, 0.2) is 18.2 Å². The highest BCUT2D eigenvalue weighted by atomic mass is 35.5. The first-order valence-electron chi connectivity index (χ1n) is 4.92. The number of aromatic carboxylic acids is 1. The minimum Gasteiger partial charge on any atom is -0.478 e. The largest absolute Gasteiger partial charge is 0.478 e. The van der Waals surface area contributed by atoms with Gasteiger partial charge in [-0.25, -0.2) is 4.79 Å². The molecule has 0 radical (unpaired) electrons. The van der Waals surface area contributed by atoms with Gasteiger partial charge in [0.05, 0.1) is 23.8 Å². The molecule has 1 saturated heterocycles. The molecule has 1 aromatic rings. The molecule has 1 N–H and O–H groups in total. The summed E-state index contributed by atoms with van der Waals surface area (Å²) in [5.74, 6) is -1.02. The minimum atomic E-state index is -1.02. The Morgan fingerprint density at radius 1 is 1.44 bits per heavy atom. The molecule has 0 unspecified atom stereocenters. The van der Waals surface area contributed by atoms with Crippen LogP contribution < -0.4 is 0 Å². The SMILES string of the molecule is O=C(O)c1ccc(CC2OCCO2)cc1Cl. The molecule has 1 aliphatic heterocycles. The number of hydrogen-bond acceptors (Lipinski definition) is 3. The summed E-state index contributed by atoms with van der Waals surface area (Å²) in [5, 5.41) is 9.05. The third-order valence-corrected chi connectivity index (χ3v) is 2.67. The lowest BCUT2D eigenvalue weighted by Gasteiger charge is -2.09. The van der Waals surface area contributed by atoms with Crippen LogP contribution >= 0.6 is 11.6 Å². The molecule has 0 amide bonds. The Bertz CT molecular complexity index is 399. The van der Waals surface area contributed by atoms with Crippen LogP contribution in [0.1, 0.15) is 15.9 Å². The van der Waals surface area contributed by atoms with E-state index in [1.807, 2.05) is 0 Å². The van der Waals surface area contributed by atoms with Crippen LogP contribution in [0.25, 0.3) is 0 Å². The van der Waals surface area contributed by atoms with E-state index in [2.05, 4.69) is 0 Å². The fourth-order valence-corrected chi connectivity index (χ4v) is 1.86. The van der Waals surface area contributed by atoms with Crippen LogP contribution in [0.3, 0.4) is 0 Å². The topological polar surface area (TPSA) is 55.8 Å². The zero-order valence-corrected chi connectivity index (χ0v) is 9.24. The molecule has 4 nitrogen and oxygen atoms in total. The summed E-state index contributed by atoms with van der Waals surface area (Å²) < 4.78 is 10.6. The smallest absolute Gasteiger partial charge is 0.337 e. The molecular weight excluding hydrogens is 232 g/mol. The predicted octanol–water partition coefficient (Wildman–Crippen LogP) is 1.95. The number of benzene rings is 1. The van der Waals surface area contributed by atoms with Crippen LogP contribution in [0.5, 0.6) is 0 Å². The maximum atomic E-state index is 10.7. The summed E-state index contributed by atoms with van der Waals surface area (Å²) in [6, 6.07) is 4.85. The highest BCUT2D eigenvalue weighted by Crippen LogP contribution is 2.20. The number of hydrogen-bond donors (Lipinski definition) is 1. The summed E-state index contributed by atoms with van der Waals surface area (Å²) in [6.07, 6.45) is 0.339. The molecule has 0 bridgehead atoms. The van der Waals surface area contributed by atoms with Gasteiger partial charge in [-0.15, -0.1) is 0 Å². The average Bonchev–Trinajstić information content (AvgIpc) is 2.70. The van der Waals surface area contributed by atoms with Gasteiger partial charge in [0, 0.05) is 6.42 Å². The van der Waals surface area contributed by atoms with E-state index in [-0.39, 0.29) is 16.9 Å². The number of ether oxygens (including phenoxy) is 2. The summed E-state index contributed by atoms with van der Waals surface area (Å²) in [5.41, 5.74) is 1.01. The number of halogens is 1. The van der Waals surface area contributed by atoms with Crippen molar-refractivity contribution in [3.8, 4) is 0 Å². The number of rotatable bonds is 3. The van der Waals surface area contributed by atoms with Crippen molar-refractivity contribution in [3.63, 3.8) is 0 Å². The van der Waals surface area contributed by atoms with E-state index in [1.165, 1.54) is 6.07 Å². The van der Waals surface area contributed by atoms with E-state index < -0.39 is 5.97 Å². The van der Waals surface area contributed by atoms with Gasteiger partial charge in [0.25, 0.3) is 0 Å². The zero-order valence-electron chi connectivity index (χ0n) is 8.48. The second-order valence-corrected chi connectivity index (χ2v) is 3.90. The van der Waals surface area contributed by atoms with Crippen molar-refractivity contribution in [2.75, 3.05) is 13.2 Å². The molecule has 1 heterocycles. The molecule has 0 atom stereocenters. The van der Waals surface area contributed by atoms with E-state index in [1.54, 1.807) is 12.1 Å². The Morgan fingerprint density at radius 2 is 2.12 bits per heavy atom. The first kappa shape index (κ1) is 11.4. The van der Waals surface area contributed by atoms with Gasteiger partial charge >= 0.3 is 5.97 Å². The summed E-state index contributed by atoms with van der Waals surface area (Å²) in [6.45, 7) is 1.21. The zero-order chi connectivity index (χ0) is 11.5. The van der Waals surface area contributed by atoms with Crippen molar-refractivity contribution in [2.24, 2.45) is 0 Å². The first-order valence-corrected chi connectivity index (χ1v) is 5.29. The minimum absolute atomic E-state index is 0.110. The van der Waals surface area contributed by atoms with Crippen LogP contribution in [0, 0.1) is 0 Å². The average molecular weight is 243 g/mol. The lowest BCUT2D eigenvalue weighted by Crippen LogP contribution is -2.11. The molecule has 1 aliphatic rings. The lowest BCUT2D eigenvalue weighted by atomic mass is 10.1. The standard InChI is InChI=1S/C11H11ClO4/c12-9-5-7(1-2-8(9)11(13)14)6-10-15-3-4-16-10/h1-2,5,10H,3-4,6H2,(H,13,14). The Balaban J connectivity index is 2.11. The first-order chi connectivity index (χ1) is 7.66. The maximum absolute atomic E-state index is 10.7. The van der Waals surface area contributed by atoms with E-state index in [0.717, 1.165) is 5.56 Å². The molecule has 5 heteroatoms. The monoisotopic (exact) mass is 242 g/mol. The lowest BCUT2D eigenvalue weighted by molar-refractivity contribution is -0.0399. The van der Waals surface area contributed by atoms with Gasteiger partial charge in [0.1, 0.15) is 0 Å². The highest BCUT2D eigenvalue weighted by Gasteiger charge is 2.17. The molecule has 1 aromatic carbocycles. The van der Waals surface area contributed by atoms with Crippen molar-refractivity contribution in [1.82, 2.24) is 0 Å². The Hall–Kier alpha value is -1.10. The number of carboxylic acid groups (broad SMARTS) is 1. The van der Waals surface area contributed by atoms with Crippen molar-refractivity contribution in [3.05, 3.63) is 34.3 Å². The van der Waals surface area contributed by atoms with Gasteiger partial charge in [-0.3, -0.25) is 0 Å². The fourth-order valence-electron chi connectivity index (χ4n) is 1.58. The van der Waals surface area contributed by atoms with Gasteiger partial charge in [0.2, 0.25) is 0 Å². The van der Waals surface area contributed by atoms with Gasteiger partial charge < -0.3 is 14.6 Å². The van der Waals surface area contributed by atoms with Gasteiger partial charge in [0.15, 0.2) is 6.29 Å². The highest BCUT2D eigenvalue weighted by molar-refractivity contribution is 6.33. The molecule has 0 aromatic heterocycles. The second kappa shape index (κ2) is 4.82. The summed E-state index contributed by atoms with van der Waals surface area (Å²) >= 11 is 5.85. The number of carbonyl (C=O) groups is 1. The molecule has 0 saturated carbocycles. The molecule has 16 heavy (non-hydrogen) atoms. The predicted molar refractivity (Wildman–Crippen MR) is 57.8 cm³/mol. The Kier molecular flexibility index (Phi) is 3.43. The van der Waals surface area contributed by atoms with Crippen molar-refractivity contribution in [2.45, 2.75) is 12.7 Å². The molecule has 86 valence electrons. The van der Waals surface area contributed by atoms with E-state index >= 15 is 0 Å². The maximum Gasteiger partial charge on any atom is 0.337 e. The van der Waals surface area contributed by atoms with Crippen LogP contribution in [0.2, 0.25) is 5.02 Å². The van der Waals surface area contributed by atoms with Crippen molar-refractivity contribution in [1.29, 1.82) is 0 Å². The molecule has 0 spiro atoms.